The zero-order chi connectivity index (χ0) is 19.6. The predicted octanol–water partition coefficient (Wildman–Crippen LogP) is 2.20. The van der Waals surface area contributed by atoms with E-state index in [1.54, 1.807) is 0 Å². The second kappa shape index (κ2) is 8.15. The highest BCUT2D eigenvalue weighted by molar-refractivity contribution is 7.91. The lowest BCUT2D eigenvalue weighted by atomic mass is 10.0. The zero-order valence-electron chi connectivity index (χ0n) is 16.5. The predicted molar refractivity (Wildman–Crippen MR) is 108 cm³/mol. The largest absolute Gasteiger partial charge is 0.336 e. The Morgan fingerprint density at radius 2 is 1.78 bits per heavy atom. The van der Waals surface area contributed by atoms with Crippen molar-refractivity contribution < 1.29 is 13.2 Å². The molecule has 2 aliphatic rings. The number of carbonyl (C=O) groups is 1. The van der Waals surface area contributed by atoms with Gasteiger partial charge in [-0.3, -0.25) is 9.69 Å². The first-order valence-electron chi connectivity index (χ1n) is 9.68. The van der Waals surface area contributed by atoms with Crippen molar-refractivity contribution in [3.8, 4) is 0 Å². The number of rotatable bonds is 5. The van der Waals surface area contributed by atoms with Crippen LogP contribution in [0.5, 0.6) is 0 Å². The summed E-state index contributed by atoms with van der Waals surface area (Å²) >= 11 is 0. The SMILES string of the molecule is CC(C)=CCN1CCN(C(=O)CCc2ccc(C)cc2)[C@H]2CS(=O)(=O)C[C@H]21. The Morgan fingerprint density at radius 3 is 2.44 bits per heavy atom. The first-order valence-corrected chi connectivity index (χ1v) is 11.5. The molecule has 148 valence electrons. The van der Waals surface area contributed by atoms with Crippen LogP contribution in [-0.2, 0) is 21.1 Å². The number of nitrogens with zero attached hydrogens (tertiary/aromatic N) is 2. The maximum absolute atomic E-state index is 12.9. The van der Waals surface area contributed by atoms with Crippen molar-refractivity contribution in [3.05, 3.63) is 47.0 Å². The van der Waals surface area contributed by atoms with Crippen molar-refractivity contribution in [2.24, 2.45) is 0 Å². The van der Waals surface area contributed by atoms with E-state index in [1.807, 2.05) is 25.7 Å². The van der Waals surface area contributed by atoms with Crippen LogP contribution in [0.25, 0.3) is 0 Å². The molecule has 3 rings (SSSR count). The van der Waals surface area contributed by atoms with Crippen LogP contribution in [0.15, 0.2) is 35.9 Å². The molecule has 0 N–H and O–H groups in total. The fraction of sp³-hybridized carbons (Fsp3) is 0.571. The first-order chi connectivity index (χ1) is 12.7. The van der Waals surface area contributed by atoms with Gasteiger partial charge in [0.15, 0.2) is 9.84 Å². The summed E-state index contributed by atoms with van der Waals surface area (Å²) < 4.78 is 24.6. The summed E-state index contributed by atoms with van der Waals surface area (Å²) in [7, 11) is -3.09. The summed E-state index contributed by atoms with van der Waals surface area (Å²) in [5, 5.41) is 0. The third kappa shape index (κ3) is 4.99. The Kier molecular flexibility index (Phi) is 6.06. The van der Waals surface area contributed by atoms with Crippen LogP contribution in [0.3, 0.4) is 0 Å². The van der Waals surface area contributed by atoms with E-state index in [9.17, 15) is 13.2 Å². The summed E-state index contributed by atoms with van der Waals surface area (Å²) in [6.45, 7) is 8.24. The molecule has 0 aromatic heterocycles. The lowest BCUT2D eigenvalue weighted by Crippen LogP contribution is -2.60. The number of allylic oxidation sites excluding steroid dienone is 1. The third-order valence-electron chi connectivity index (χ3n) is 5.59. The molecule has 2 fully saturated rings. The van der Waals surface area contributed by atoms with Crippen molar-refractivity contribution in [3.63, 3.8) is 0 Å². The van der Waals surface area contributed by atoms with Gasteiger partial charge >= 0.3 is 0 Å². The van der Waals surface area contributed by atoms with Crippen LogP contribution < -0.4 is 0 Å². The highest BCUT2D eigenvalue weighted by Gasteiger charge is 2.47. The summed E-state index contributed by atoms with van der Waals surface area (Å²) in [6, 6.07) is 7.94. The van der Waals surface area contributed by atoms with E-state index in [0.717, 1.165) is 18.7 Å². The van der Waals surface area contributed by atoms with E-state index in [4.69, 9.17) is 0 Å². The van der Waals surface area contributed by atoms with Gasteiger partial charge in [-0.15, -0.1) is 0 Å². The molecule has 0 radical (unpaired) electrons. The number of sulfone groups is 1. The minimum absolute atomic E-state index is 0.0736. The molecule has 2 heterocycles. The van der Waals surface area contributed by atoms with E-state index < -0.39 is 9.84 Å². The normalized spacial score (nSPS) is 24.5. The average molecular weight is 391 g/mol. The van der Waals surface area contributed by atoms with Gasteiger partial charge in [-0.25, -0.2) is 8.42 Å². The van der Waals surface area contributed by atoms with Crippen molar-refractivity contribution in [1.29, 1.82) is 0 Å². The Bertz CT molecular complexity index is 810. The summed E-state index contributed by atoms with van der Waals surface area (Å²) in [5.41, 5.74) is 3.58. The number of carbonyl (C=O) groups excluding carboxylic acids is 1. The molecule has 2 atom stereocenters. The Hall–Kier alpha value is -1.66. The molecule has 0 spiro atoms. The van der Waals surface area contributed by atoms with Gasteiger partial charge in [-0.1, -0.05) is 41.5 Å². The minimum atomic E-state index is -3.09. The van der Waals surface area contributed by atoms with E-state index in [1.165, 1.54) is 11.1 Å². The number of amides is 1. The summed E-state index contributed by atoms with van der Waals surface area (Å²) in [6.07, 6.45) is 3.26. The van der Waals surface area contributed by atoms with Gasteiger partial charge in [0, 0.05) is 32.1 Å². The molecule has 0 unspecified atom stereocenters. The topological polar surface area (TPSA) is 57.7 Å². The molecule has 0 aliphatic carbocycles. The van der Waals surface area contributed by atoms with Gasteiger partial charge in [0.05, 0.1) is 17.5 Å². The van der Waals surface area contributed by atoms with Crippen LogP contribution in [0.1, 0.15) is 31.4 Å². The lowest BCUT2D eigenvalue weighted by Gasteiger charge is -2.43. The molecular weight excluding hydrogens is 360 g/mol. The molecule has 0 bridgehead atoms. The first kappa shape index (κ1) is 20.1. The van der Waals surface area contributed by atoms with E-state index in [-0.39, 0.29) is 29.5 Å². The smallest absolute Gasteiger partial charge is 0.223 e. The van der Waals surface area contributed by atoms with Crippen LogP contribution in [0.2, 0.25) is 0 Å². The highest BCUT2D eigenvalue weighted by atomic mass is 32.2. The van der Waals surface area contributed by atoms with E-state index in [0.29, 0.717) is 19.4 Å². The molecule has 6 heteroatoms. The highest BCUT2D eigenvalue weighted by Crippen LogP contribution is 2.27. The fourth-order valence-electron chi connectivity index (χ4n) is 4.01. The van der Waals surface area contributed by atoms with Gasteiger partial charge in [-0.05, 0) is 32.8 Å². The van der Waals surface area contributed by atoms with Gasteiger partial charge in [0.2, 0.25) is 5.91 Å². The van der Waals surface area contributed by atoms with Crippen LogP contribution in [-0.4, -0.2) is 67.3 Å². The number of piperazine rings is 1. The number of hydrogen-bond donors (Lipinski definition) is 0. The van der Waals surface area contributed by atoms with Crippen LogP contribution >= 0.6 is 0 Å². The van der Waals surface area contributed by atoms with Crippen molar-refractivity contribution in [2.75, 3.05) is 31.1 Å². The Balaban J connectivity index is 1.68. The van der Waals surface area contributed by atoms with Crippen molar-refractivity contribution in [1.82, 2.24) is 9.80 Å². The Labute approximate surface area is 163 Å². The van der Waals surface area contributed by atoms with Gasteiger partial charge in [-0.2, -0.15) is 0 Å². The van der Waals surface area contributed by atoms with E-state index >= 15 is 0 Å². The monoisotopic (exact) mass is 390 g/mol. The minimum Gasteiger partial charge on any atom is -0.336 e. The average Bonchev–Trinajstić information content (AvgIpc) is 2.93. The summed E-state index contributed by atoms with van der Waals surface area (Å²) in [5.74, 6) is 0.333. The molecule has 1 aromatic carbocycles. The third-order valence-corrected chi connectivity index (χ3v) is 7.29. The quantitative estimate of drug-likeness (QED) is 0.724. The van der Waals surface area contributed by atoms with Crippen LogP contribution in [0.4, 0.5) is 0 Å². The molecule has 27 heavy (non-hydrogen) atoms. The van der Waals surface area contributed by atoms with Crippen molar-refractivity contribution in [2.45, 2.75) is 45.7 Å². The van der Waals surface area contributed by atoms with Crippen LogP contribution in [0, 0.1) is 6.92 Å². The maximum atomic E-state index is 12.9. The molecule has 1 aromatic rings. The van der Waals surface area contributed by atoms with Gasteiger partial charge < -0.3 is 4.90 Å². The number of hydrogen-bond acceptors (Lipinski definition) is 4. The number of fused-ring (bicyclic) bond motifs is 1. The standard InChI is InChI=1S/C21H30N2O3S/c1-16(2)10-11-22-12-13-23(20-15-27(25,26)14-19(20)22)21(24)9-8-18-6-4-17(3)5-7-18/h4-7,10,19-20H,8-9,11-15H2,1-3H3/t19-,20+/m1/s1. The van der Waals surface area contributed by atoms with Gasteiger partial charge in [0.1, 0.15) is 0 Å². The molecular formula is C21H30N2O3S. The Morgan fingerprint density at radius 1 is 1.11 bits per heavy atom. The van der Waals surface area contributed by atoms with Gasteiger partial charge in [0.25, 0.3) is 0 Å². The molecule has 2 saturated heterocycles. The second-order valence-electron chi connectivity index (χ2n) is 8.06. The number of aryl methyl sites for hydroxylation is 2. The molecule has 1 amide bonds. The summed E-state index contributed by atoms with van der Waals surface area (Å²) in [4.78, 5) is 16.9. The zero-order valence-corrected chi connectivity index (χ0v) is 17.3. The number of benzene rings is 1. The second-order valence-corrected chi connectivity index (χ2v) is 10.2. The molecule has 0 saturated carbocycles. The van der Waals surface area contributed by atoms with E-state index in [2.05, 4.69) is 35.2 Å². The maximum Gasteiger partial charge on any atom is 0.223 e. The molecule has 5 nitrogen and oxygen atoms in total. The fourth-order valence-corrected chi connectivity index (χ4v) is 6.02. The molecule has 2 aliphatic heterocycles. The van der Waals surface area contributed by atoms with Crippen molar-refractivity contribution >= 4 is 15.7 Å². The lowest BCUT2D eigenvalue weighted by molar-refractivity contribution is -0.136.